The maximum absolute atomic E-state index is 13.1. The number of anilines is 1. The minimum absolute atomic E-state index is 0.00434. The molecule has 0 fully saturated rings. The normalized spacial score (nSPS) is 13.0. The second kappa shape index (κ2) is 8.89. The van der Waals surface area contributed by atoms with Crippen LogP contribution in [0.2, 0.25) is 0 Å². The highest BCUT2D eigenvalue weighted by molar-refractivity contribution is 6.25. The van der Waals surface area contributed by atoms with Gasteiger partial charge in [-0.3, -0.25) is 4.79 Å². The molecule has 0 radical (unpaired) electrons. The topological polar surface area (TPSA) is 110 Å². The Hall–Kier alpha value is -4.20. The number of carbonyl (C=O) groups is 2. The Morgan fingerprint density at radius 2 is 1.84 bits per heavy atom. The lowest BCUT2D eigenvalue weighted by molar-refractivity contribution is -0.137. The van der Waals surface area contributed by atoms with Gasteiger partial charge in [-0.05, 0) is 37.6 Å². The molecule has 1 amide bonds. The van der Waals surface area contributed by atoms with E-state index < -0.39 is 17.5 Å². The maximum atomic E-state index is 13.1. The van der Waals surface area contributed by atoms with Crippen molar-refractivity contribution >= 4 is 40.1 Å². The first-order chi connectivity index (χ1) is 15.5. The fourth-order valence-electron chi connectivity index (χ4n) is 3.40. The summed E-state index contributed by atoms with van der Waals surface area (Å²) in [4.78, 5) is 42.8. The second-order valence-corrected chi connectivity index (χ2v) is 6.97. The molecule has 0 spiro atoms. The molecule has 0 saturated carbocycles. The fourth-order valence-corrected chi connectivity index (χ4v) is 3.40. The molecule has 8 nitrogen and oxygen atoms in total. The highest BCUT2D eigenvalue weighted by Crippen LogP contribution is 2.31. The van der Waals surface area contributed by atoms with Crippen molar-refractivity contribution in [3.63, 3.8) is 0 Å². The van der Waals surface area contributed by atoms with Crippen LogP contribution in [-0.4, -0.2) is 24.3 Å². The molecule has 0 atom stereocenters. The van der Waals surface area contributed by atoms with Gasteiger partial charge in [-0.2, -0.15) is 0 Å². The Morgan fingerprint density at radius 3 is 2.62 bits per heavy atom. The van der Waals surface area contributed by atoms with Crippen LogP contribution in [0.1, 0.15) is 30.6 Å². The monoisotopic (exact) mass is 431 g/mol. The molecule has 1 aromatic heterocycles. The molecule has 4 rings (SSSR count). The number of ether oxygens (including phenoxy) is 1. The molecule has 0 unspecified atom stereocenters. The minimum atomic E-state index is -0.786. The summed E-state index contributed by atoms with van der Waals surface area (Å²) in [6.45, 7) is 3.72. The standard InChI is InChI=1S/C24H21N3O5/c1-3-16-20(24(30)31-4-2)21(26-18-11-7-6-10-17(18)25-16)27-22(28)15-13-14-9-5-8-12-19(14)32-23(15)29/h5-13,25H,3-4H2,1-2H3,(H,26,27,28). The summed E-state index contributed by atoms with van der Waals surface area (Å²) in [5.74, 6) is -1.37. The molecular weight excluding hydrogens is 410 g/mol. The first-order valence-corrected chi connectivity index (χ1v) is 10.2. The molecule has 162 valence electrons. The van der Waals surface area contributed by atoms with Gasteiger partial charge in [0.25, 0.3) is 5.91 Å². The smallest absolute Gasteiger partial charge is 0.349 e. The van der Waals surface area contributed by atoms with E-state index in [9.17, 15) is 14.4 Å². The molecule has 32 heavy (non-hydrogen) atoms. The van der Waals surface area contributed by atoms with Crippen molar-refractivity contribution in [2.75, 3.05) is 11.9 Å². The van der Waals surface area contributed by atoms with Crippen LogP contribution < -0.4 is 16.3 Å². The molecule has 0 bridgehead atoms. The van der Waals surface area contributed by atoms with E-state index in [0.29, 0.717) is 34.5 Å². The zero-order valence-electron chi connectivity index (χ0n) is 17.6. The quantitative estimate of drug-likeness (QED) is 0.479. The van der Waals surface area contributed by atoms with E-state index in [1.54, 1.807) is 43.3 Å². The summed E-state index contributed by atoms with van der Waals surface area (Å²) in [7, 11) is 0. The van der Waals surface area contributed by atoms with E-state index in [-0.39, 0.29) is 23.6 Å². The lowest BCUT2D eigenvalue weighted by Gasteiger charge is -2.14. The van der Waals surface area contributed by atoms with Crippen LogP contribution >= 0.6 is 0 Å². The molecule has 2 heterocycles. The van der Waals surface area contributed by atoms with E-state index in [2.05, 4.69) is 15.6 Å². The predicted octanol–water partition coefficient (Wildman–Crippen LogP) is 3.91. The molecule has 8 heteroatoms. The fraction of sp³-hybridized carbons (Fsp3) is 0.167. The molecule has 1 aliphatic heterocycles. The molecule has 0 saturated heterocycles. The molecule has 2 N–H and O–H groups in total. The Balaban J connectivity index is 1.80. The number of carbonyl (C=O) groups excluding carboxylic acids is 2. The third kappa shape index (κ3) is 4.02. The van der Waals surface area contributed by atoms with Gasteiger partial charge >= 0.3 is 11.6 Å². The van der Waals surface area contributed by atoms with Crippen LogP contribution in [-0.2, 0) is 9.53 Å². The first kappa shape index (κ1) is 21.0. The van der Waals surface area contributed by atoms with E-state index in [0.717, 1.165) is 0 Å². The van der Waals surface area contributed by atoms with Gasteiger partial charge in [0.1, 0.15) is 22.6 Å². The molecule has 3 aromatic rings. The van der Waals surface area contributed by atoms with Gasteiger partial charge in [0, 0.05) is 11.1 Å². The van der Waals surface area contributed by atoms with Crippen LogP contribution in [0.3, 0.4) is 0 Å². The molecule has 0 aliphatic carbocycles. The number of aliphatic imine (C=N–C) groups is 1. The van der Waals surface area contributed by atoms with Gasteiger partial charge in [0.05, 0.1) is 18.0 Å². The lowest BCUT2D eigenvalue weighted by atomic mass is 10.1. The van der Waals surface area contributed by atoms with E-state index in [1.165, 1.54) is 6.07 Å². The summed E-state index contributed by atoms with van der Waals surface area (Å²) >= 11 is 0. The number of esters is 1. The van der Waals surface area contributed by atoms with Crippen molar-refractivity contribution in [3.8, 4) is 0 Å². The Labute approximate surface area is 183 Å². The average Bonchev–Trinajstić information content (AvgIpc) is 2.94. The van der Waals surface area contributed by atoms with Crippen molar-refractivity contribution in [2.45, 2.75) is 20.3 Å². The second-order valence-electron chi connectivity index (χ2n) is 6.97. The summed E-state index contributed by atoms with van der Waals surface area (Å²) in [5, 5.41) is 6.44. The van der Waals surface area contributed by atoms with Crippen LogP contribution in [0, 0.1) is 0 Å². The summed E-state index contributed by atoms with van der Waals surface area (Å²) < 4.78 is 10.5. The highest BCUT2D eigenvalue weighted by atomic mass is 16.5. The van der Waals surface area contributed by atoms with E-state index in [1.807, 2.05) is 19.1 Å². The number of nitrogens with one attached hydrogen (secondary N) is 2. The summed E-state index contributed by atoms with van der Waals surface area (Å²) in [5.41, 5.74) is 1.24. The van der Waals surface area contributed by atoms with Crippen LogP contribution in [0.25, 0.3) is 11.0 Å². The Morgan fingerprint density at radius 1 is 1.09 bits per heavy atom. The first-order valence-electron chi connectivity index (χ1n) is 10.2. The van der Waals surface area contributed by atoms with Gasteiger partial charge < -0.3 is 19.8 Å². The van der Waals surface area contributed by atoms with Gasteiger partial charge in [0.15, 0.2) is 0 Å². The van der Waals surface area contributed by atoms with Crippen molar-refractivity contribution in [1.82, 2.24) is 5.32 Å². The van der Waals surface area contributed by atoms with Gasteiger partial charge in [0.2, 0.25) is 0 Å². The van der Waals surface area contributed by atoms with Crippen molar-refractivity contribution in [3.05, 3.63) is 81.9 Å². The third-order valence-electron chi connectivity index (χ3n) is 4.91. The number of allylic oxidation sites excluding steroid dienone is 1. The average molecular weight is 431 g/mol. The van der Waals surface area contributed by atoms with Crippen LogP contribution in [0.5, 0.6) is 0 Å². The highest BCUT2D eigenvalue weighted by Gasteiger charge is 2.28. The number of amides is 1. The minimum Gasteiger partial charge on any atom is -0.462 e. The number of benzene rings is 2. The van der Waals surface area contributed by atoms with Crippen molar-refractivity contribution < 1.29 is 18.7 Å². The third-order valence-corrected chi connectivity index (χ3v) is 4.91. The van der Waals surface area contributed by atoms with E-state index >= 15 is 0 Å². The maximum Gasteiger partial charge on any atom is 0.349 e. The molecule has 1 aliphatic rings. The number of amidine groups is 1. The van der Waals surface area contributed by atoms with Gasteiger partial charge in [-0.1, -0.05) is 37.3 Å². The molecule has 2 aromatic carbocycles. The predicted molar refractivity (Wildman–Crippen MR) is 121 cm³/mol. The van der Waals surface area contributed by atoms with E-state index in [4.69, 9.17) is 9.15 Å². The zero-order valence-corrected chi connectivity index (χ0v) is 17.6. The Bertz CT molecular complexity index is 1340. The number of nitrogens with zero attached hydrogens (tertiary/aromatic N) is 1. The molecular formula is C24H21N3O5. The zero-order chi connectivity index (χ0) is 22.7. The Kier molecular flexibility index (Phi) is 5.85. The number of rotatable bonds is 4. The number of fused-ring (bicyclic) bond motifs is 2. The SMILES string of the molecule is CCOC(=O)C1=C(CC)Nc2ccccc2N=C1NC(=O)c1cc2ccccc2oc1=O. The summed E-state index contributed by atoms with van der Waals surface area (Å²) in [6, 6.07) is 15.5. The number of hydrogen-bond acceptors (Lipinski definition) is 7. The number of para-hydroxylation sites is 3. The van der Waals surface area contributed by atoms with Crippen molar-refractivity contribution in [2.24, 2.45) is 4.99 Å². The van der Waals surface area contributed by atoms with Crippen LogP contribution in [0.15, 0.2) is 80.1 Å². The largest absolute Gasteiger partial charge is 0.462 e. The van der Waals surface area contributed by atoms with Crippen molar-refractivity contribution in [1.29, 1.82) is 0 Å². The van der Waals surface area contributed by atoms with Crippen LogP contribution in [0.4, 0.5) is 11.4 Å². The van der Waals surface area contributed by atoms with Gasteiger partial charge in [-0.15, -0.1) is 0 Å². The number of hydrogen-bond donors (Lipinski definition) is 2. The summed E-state index contributed by atoms with van der Waals surface area (Å²) in [6.07, 6.45) is 0.454. The van der Waals surface area contributed by atoms with Gasteiger partial charge in [-0.25, -0.2) is 14.6 Å². The lowest BCUT2D eigenvalue weighted by Crippen LogP contribution is -2.37.